The minimum atomic E-state index is 0.512. The maximum absolute atomic E-state index is 10.3. The fourth-order valence-electron chi connectivity index (χ4n) is 0.732. The number of aldehydes is 1. The van der Waals surface area contributed by atoms with Crippen LogP contribution in [0, 0.1) is 0 Å². The Balaban J connectivity index is 2.98. The van der Waals surface area contributed by atoms with Crippen LogP contribution in [0.3, 0.4) is 0 Å². The van der Waals surface area contributed by atoms with Crippen LogP contribution in [0.5, 0.6) is 0 Å². The van der Waals surface area contributed by atoms with E-state index in [0.29, 0.717) is 5.57 Å². The molecule has 0 amide bonds. The first-order valence-electron chi connectivity index (χ1n) is 3.14. The molecular weight excluding hydrogens is 204 g/mol. The molecule has 1 nitrogen and oxygen atoms in total. The van der Waals surface area contributed by atoms with Gasteiger partial charge in [0.1, 0.15) is 6.29 Å². The van der Waals surface area contributed by atoms with E-state index in [1.54, 1.807) is 0 Å². The summed E-state index contributed by atoms with van der Waals surface area (Å²) in [6.07, 6.45) is 0.753. The lowest BCUT2D eigenvalue weighted by Gasteiger charge is -1.96. The average Bonchev–Trinajstić information content (AvgIpc) is 2.05. The molecule has 0 heterocycles. The minimum Gasteiger partial charge on any atom is -0.298 e. The number of hydrogen-bond acceptors (Lipinski definition) is 1. The Bertz CT molecular complexity index is 274. The molecule has 0 fully saturated rings. The molecule has 56 valence electrons. The van der Waals surface area contributed by atoms with E-state index in [9.17, 15) is 4.79 Å². The van der Waals surface area contributed by atoms with E-state index >= 15 is 0 Å². The smallest absolute Gasteiger partial charge is 0.150 e. The van der Waals surface area contributed by atoms with Gasteiger partial charge in [0.2, 0.25) is 0 Å². The highest BCUT2D eigenvalue weighted by Gasteiger charge is 1.94. The highest BCUT2D eigenvalue weighted by atomic mass is 79.9. The Morgan fingerprint density at radius 2 is 1.91 bits per heavy atom. The number of carbonyl (C=O) groups is 1. The van der Waals surface area contributed by atoms with Crippen LogP contribution in [0.25, 0.3) is 5.57 Å². The third kappa shape index (κ3) is 2.02. The van der Waals surface area contributed by atoms with Crippen molar-refractivity contribution in [2.75, 3.05) is 0 Å². The van der Waals surface area contributed by atoms with Crippen molar-refractivity contribution in [3.8, 4) is 0 Å². The topological polar surface area (TPSA) is 17.1 Å². The zero-order valence-electron chi connectivity index (χ0n) is 5.88. The van der Waals surface area contributed by atoms with Crippen molar-refractivity contribution in [1.82, 2.24) is 0 Å². The molecule has 1 rings (SSSR count). The van der Waals surface area contributed by atoms with Crippen molar-refractivity contribution in [3.63, 3.8) is 0 Å². The maximum atomic E-state index is 10.3. The molecule has 0 saturated heterocycles. The molecule has 0 aliphatic rings. The second-order valence-electron chi connectivity index (χ2n) is 2.15. The first-order valence-corrected chi connectivity index (χ1v) is 3.93. The lowest BCUT2D eigenvalue weighted by atomic mass is 10.1. The first-order chi connectivity index (χ1) is 5.24. The van der Waals surface area contributed by atoms with E-state index in [0.717, 1.165) is 16.3 Å². The lowest BCUT2D eigenvalue weighted by Crippen LogP contribution is -1.81. The van der Waals surface area contributed by atoms with Crippen LogP contribution >= 0.6 is 15.9 Å². The van der Waals surface area contributed by atoms with Crippen molar-refractivity contribution in [2.45, 2.75) is 0 Å². The molecule has 0 spiro atoms. The molecule has 1 aromatic rings. The molecule has 0 saturated carbocycles. The number of rotatable bonds is 2. The van der Waals surface area contributed by atoms with E-state index in [1.807, 2.05) is 24.3 Å². The van der Waals surface area contributed by atoms with Crippen LogP contribution in [-0.4, -0.2) is 6.29 Å². The molecule has 11 heavy (non-hydrogen) atoms. The molecule has 2 heteroatoms. The number of benzene rings is 1. The normalized spacial score (nSPS) is 9.18. The van der Waals surface area contributed by atoms with Gasteiger partial charge in [0.15, 0.2) is 0 Å². The van der Waals surface area contributed by atoms with Crippen LogP contribution in [0.2, 0.25) is 0 Å². The van der Waals surface area contributed by atoms with E-state index in [-0.39, 0.29) is 0 Å². The van der Waals surface area contributed by atoms with Crippen molar-refractivity contribution >= 4 is 27.8 Å². The Kier molecular flexibility index (Phi) is 2.60. The molecule has 0 radical (unpaired) electrons. The van der Waals surface area contributed by atoms with Crippen LogP contribution in [-0.2, 0) is 4.79 Å². The molecule has 0 N–H and O–H groups in total. The van der Waals surface area contributed by atoms with E-state index in [4.69, 9.17) is 0 Å². The third-order valence-electron chi connectivity index (χ3n) is 1.36. The molecule has 0 aliphatic carbocycles. The van der Waals surface area contributed by atoms with Crippen molar-refractivity contribution in [3.05, 3.63) is 40.9 Å². The van der Waals surface area contributed by atoms with E-state index in [2.05, 4.69) is 22.5 Å². The summed E-state index contributed by atoms with van der Waals surface area (Å²) < 4.78 is 1.000. The Hall–Kier alpha value is -0.890. The van der Waals surface area contributed by atoms with Crippen molar-refractivity contribution in [1.29, 1.82) is 0 Å². The summed E-state index contributed by atoms with van der Waals surface area (Å²) in [5.41, 5.74) is 1.38. The highest BCUT2D eigenvalue weighted by molar-refractivity contribution is 9.10. The highest BCUT2D eigenvalue weighted by Crippen LogP contribution is 2.14. The van der Waals surface area contributed by atoms with Gasteiger partial charge in [-0.1, -0.05) is 34.6 Å². The summed E-state index contributed by atoms with van der Waals surface area (Å²) in [5.74, 6) is 0. The predicted octanol–water partition coefficient (Wildman–Crippen LogP) is 2.66. The number of carbonyl (C=O) groups excluding carboxylic acids is 1. The maximum Gasteiger partial charge on any atom is 0.150 e. The Morgan fingerprint density at radius 3 is 2.36 bits per heavy atom. The van der Waals surface area contributed by atoms with Gasteiger partial charge in [-0.15, -0.1) is 0 Å². The lowest BCUT2D eigenvalue weighted by molar-refractivity contribution is -0.103. The molecule has 0 atom stereocenters. The minimum absolute atomic E-state index is 0.512. The molecular formula is C9H7BrO. The summed E-state index contributed by atoms with van der Waals surface area (Å²) in [6, 6.07) is 7.45. The number of halogens is 1. The van der Waals surface area contributed by atoms with Gasteiger partial charge in [-0.25, -0.2) is 0 Å². The Labute approximate surface area is 73.9 Å². The average molecular weight is 211 g/mol. The third-order valence-corrected chi connectivity index (χ3v) is 1.89. The van der Waals surface area contributed by atoms with E-state index in [1.165, 1.54) is 0 Å². The van der Waals surface area contributed by atoms with Gasteiger partial charge >= 0.3 is 0 Å². The van der Waals surface area contributed by atoms with Crippen molar-refractivity contribution < 1.29 is 4.79 Å². The SMILES string of the molecule is C=C(C=O)c1ccc(Br)cc1. The second-order valence-corrected chi connectivity index (χ2v) is 3.07. The van der Waals surface area contributed by atoms with Crippen LogP contribution in [0.15, 0.2) is 35.3 Å². The summed E-state index contributed by atoms with van der Waals surface area (Å²) in [4.78, 5) is 10.3. The zero-order chi connectivity index (χ0) is 8.27. The number of allylic oxidation sites excluding steroid dienone is 1. The zero-order valence-corrected chi connectivity index (χ0v) is 7.47. The molecule has 1 aromatic carbocycles. The largest absolute Gasteiger partial charge is 0.298 e. The summed E-state index contributed by atoms with van der Waals surface area (Å²) in [6.45, 7) is 3.59. The van der Waals surface area contributed by atoms with Gasteiger partial charge in [0, 0.05) is 10.0 Å². The Morgan fingerprint density at radius 1 is 1.36 bits per heavy atom. The quantitative estimate of drug-likeness (QED) is 0.542. The van der Waals surface area contributed by atoms with Crippen LogP contribution in [0.4, 0.5) is 0 Å². The monoisotopic (exact) mass is 210 g/mol. The van der Waals surface area contributed by atoms with Gasteiger partial charge in [-0.2, -0.15) is 0 Å². The van der Waals surface area contributed by atoms with Crippen LogP contribution in [0.1, 0.15) is 5.56 Å². The summed E-state index contributed by atoms with van der Waals surface area (Å²) >= 11 is 3.30. The summed E-state index contributed by atoms with van der Waals surface area (Å²) in [5, 5.41) is 0. The van der Waals surface area contributed by atoms with Crippen molar-refractivity contribution in [2.24, 2.45) is 0 Å². The molecule has 0 unspecified atom stereocenters. The summed E-state index contributed by atoms with van der Waals surface area (Å²) in [7, 11) is 0. The van der Waals surface area contributed by atoms with Crippen LogP contribution < -0.4 is 0 Å². The second kappa shape index (κ2) is 3.49. The fraction of sp³-hybridized carbons (Fsp3) is 0. The van der Waals surface area contributed by atoms with Gasteiger partial charge in [-0.3, -0.25) is 4.79 Å². The first kappa shape index (κ1) is 8.21. The van der Waals surface area contributed by atoms with Gasteiger partial charge in [-0.05, 0) is 17.7 Å². The molecule has 0 bridgehead atoms. The molecule has 0 aliphatic heterocycles. The standard InChI is InChI=1S/C9H7BrO/c1-7(6-11)8-2-4-9(10)5-3-8/h2-6H,1H2. The number of hydrogen-bond donors (Lipinski definition) is 0. The van der Waals surface area contributed by atoms with Gasteiger partial charge in [0.25, 0.3) is 0 Å². The predicted molar refractivity (Wildman–Crippen MR) is 49.2 cm³/mol. The molecule has 0 aromatic heterocycles. The van der Waals surface area contributed by atoms with Gasteiger partial charge in [0.05, 0.1) is 0 Å². The fourth-order valence-corrected chi connectivity index (χ4v) is 0.996. The van der Waals surface area contributed by atoms with E-state index < -0.39 is 0 Å². The van der Waals surface area contributed by atoms with Gasteiger partial charge < -0.3 is 0 Å².